The molecule has 35 heavy (non-hydrogen) atoms. The Labute approximate surface area is 210 Å². The van der Waals surface area contributed by atoms with Crippen LogP contribution in [0.25, 0.3) is 32.8 Å². The molecule has 5 nitrogen and oxygen atoms in total. The van der Waals surface area contributed by atoms with Crippen molar-refractivity contribution in [2.75, 3.05) is 13.7 Å². The summed E-state index contributed by atoms with van der Waals surface area (Å²) in [6.45, 7) is 8.43. The zero-order chi connectivity index (χ0) is 24.9. The van der Waals surface area contributed by atoms with Crippen molar-refractivity contribution in [2.45, 2.75) is 45.8 Å². The molecule has 0 amide bonds. The van der Waals surface area contributed by atoms with Crippen LogP contribution in [0.3, 0.4) is 0 Å². The molecule has 1 aliphatic rings. The van der Waals surface area contributed by atoms with Crippen LogP contribution in [-0.2, 0) is 20.7 Å². The number of pyridine rings is 1. The molecular weight excluding hydrogens is 462 g/mol. The number of hydrogen-bond donors (Lipinski definition) is 0. The molecule has 0 radical (unpaired) electrons. The lowest BCUT2D eigenvalue weighted by Gasteiger charge is -2.30. The molecule has 0 saturated carbocycles. The molecule has 1 atom stereocenters. The molecule has 6 heteroatoms. The average molecular weight is 490 g/mol. The average Bonchev–Trinajstić information content (AvgIpc) is 2.81. The quantitative estimate of drug-likeness (QED) is 0.289. The Hall–Kier alpha value is -3.15. The summed E-state index contributed by atoms with van der Waals surface area (Å²) < 4.78 is 17.5. The number of benzene rings is 3. The van der Waals surface area contributed by atoms with Crippen molar-refractivity contribution in [1.82, 2.24) is 4.98 Å². The van der Waals surface area contributed by atoms with Crippen LogP contribution in [-0.4, -0.2) is 30.3 Å². The van der Waals surface area contributed by atoms with E-state index in [0.29, 0.717) is 11.6 Å². The molecule has 0 bridgehead atoms. The summed E-state index contributed by atoms with van der Waals surface area (Å²) in [5.41, 5.74) is 4.93. The number of hydrogen-bond acceptors (Lipinski definition) is 5. The number of rotatable bonds is 4. The number of fused-ring (bicyclic) bond motifs is 1. The summed E-state index contributed by atoms with van der Waals surface area (Å²) in [5.74, 6) is 0.381. The normalized spacial score (nSPS) is 14.1. The van der Waals surface area contributed by atoms with Gasteiger partial charge in [0.15, 0.2) is 6.10 Å². The van der Waals surface area contributed by atoms with Crippen LogP contribution in [0.5, 0.6) is 5.75 Å². The van der Waals surface area contributed by atoms with Crippen molar-refractivity contribution < 1.29 is 19.0 Å². The number of nitrogens with zero attached hydrogens (tertiary/aromatic N) is 1. The molecular formula is C29H28ClNO4. The third-order valence-electron chi connectivity index (χ3n) is 6.34. The first-order valence-electron chi connectivity index (χ1n) is 11.7. The second-order valence-corrected chi connectivity index (χ2v) is 10.3. The van der Waals surface area contributed by atoms with Gasteiger partial charge in [-0.2, -0.15) is 0 Å². The summed E-state index contributed by atoms with van der Waals surface area (Å²) >= 11 is 6.37. The van der Waals surface area contributed by atoms with E-state index >= 15 is 0 Å². The SMILES string of the molecule is COC(=O)C(OC(C)(C)C)c1c(C)cc2cc(Cl)ccc2c1-c1ccc2c3c(ccnc13)CCO2. The molecule has 3 aromatic carbocycles. The molecule has 5 rings (SSSR count). The Bertz CT molecular complexity index is 1460. The minimum atomic E-state index is -0.919. The second-order valence-electron chi connectivity index (χ2n) is 9.88. The number of ether oxygens (including phenoxy) is 3. The Kier molecular flexibility index (Phi) is 5.94. The molecule has 0 N–H and O–H groups in total. The minimum absolute atomic E-state index is 0.448. The van der Waals surface area contributed by atoms with E-state index in [1.807, 2.05) is 76.4 Å². The van der Waals surface area contributed by atoms with Crippen LogP contribution in [0.2, 0.25) is 5.02 Å². The Balaban J connectivity index is 1.91. The van der Waals surface area contributed by atoms with Gasteiger partial charge in [0.1, 0.15) is 5.75 Å². The molecule has 2 heterocycles. The Morgan fingerprint density at radius 2 is 1.94 bits per heavy atom. The lowest BCUT2D eigenvalue weighted by Crippen LogP contribution is -2.29. The topological polar surface area (TPSA) is 57.7 Å². The van der Waals surface area contributed by atoms with Gasteiger partial charge >= 0.3 is 5.97 Å². The fraction of sp³-hybridized carbons (Fsp3) is 0.310. The summed E-state index contributed by atoms with van der Waals surface area (Å²) in [4.78, 5) is 17.9. The van der Waals surface area contributed by atoms with Gasteiger partial charge < -0.3 is 14.2 Å². The fourth-order valence-electron chi connectivity index (χ4n) is 4.95. The van der Waals surface area contributed by atoms with E-state index in [0.717, 1.165) is 56.1 Å². The van der Waals surface area contributed by atoms with Crippen LogP contribution in [0.1, 0.15) is 43.6 Å². The lowest BCUT2D eigenvalue weighted by atomic mass is 9.85. The van der Waals surface area contributed by atoms with Crippen molar-refractivity contribution in [2.24, 2.45) is 0 Å². The standard InChI is InChI=1S/C29H28ClNO4/c1-16-14-18-15-19(30)6-7-20(18)25(23(16)27(28(32)33-5)35-29(2,3)4)21-8-9-22-24-17(11-13-34-22)10-12-31-26(21)24/h6-10,12,14-15,27H,11,13H2,1-5H3. The third-order valence-corrected chi connectivity index (χ3v) is 6.57. The molecule has 0 spiro atoms. The van der Waals surface area contributed by atoms with E-state index in [2.05, 4.69) is 0 Å². The van der Waals surface area contributed by atoms with E-state index in [1.165, 1.54) is 12.7 Å². The van der Waals surface area contributed by atoms with Gasteiger partial charge in [-0.05, 0) is 85.5 Å². The Morgan fingerprint density at radius 3 is 2.69 bits per heavy atom. The van der Waals surface area contributed by atoms with E-state index in [4.69, 9.17) is 30.8 Å². The van der Waals surface area contributed by atoms with E-state index in [1.54, 1.807) is 0 Å². The molecule has 4 aromatic rings. The van der Waals surface area contributed by atoms with Crippen LogP contribution < -0.4 is 4.74 Å². The molecule has 1 aliphatic heterocycles. The molecule has 1 aromatic heterocycles. The van der Waals surface area contributed by atoms with E-state index in [9.17, 15) is 4.79 Å². The molecule has 0 saturated heterocycles. The summed E-state index contributed by atoms with van der Waals surface area (Å²) in [7, 11) is 1.39. The number of aryl methyl sites for hydroxylation is 1. The Morgan fingerprint density at radius 1 is 1.14 bits per heavy atom. The highest BCUT2D eigenvalue weighted by Crippen LogP contribution is 2.45. The van der Waals surface area contributed by atoms with E-state index in [-0.39, 0.29) is 0 Å². The summed E-state index contributed by atoms with van der Waals surface area (Å²) in [6, 6.07) is 13.9. The van der Waals surface area contributed by atoms with Gasteiger partial charge in [-0.3, -0.25) is 4.98 Å². The number of carbonyl (C=O) groups is 1. The monoisotopic (exact) mass is 489 g/mol. The molecule has 1 unspecified atom stereocenters. The van der Waals surface area contributed by atoms with Gasteiger partial charge in [-0.1, -0.05) is 23.7 Å². The lowest BCUT2D eigenvalue weighted by molar-refractivity contribution is -0.164. The highest BCUT2D eigenvalue weighted by Gasteiger charge is 2.33. The zero-order valence-corrected chi connectivity index (χ0v) is 21.3. The van der Waals surface area contributed by atoms with Gasteiger partial charge in [0.05, 0.1) is 24.8 Å². The highest BCUT2D eigenvalue weighted by molar-refractivity contribution is 6.31. The predicted molar refractivity (Wildman–Crippen MR) is 139 cm³/mol. The molecule has 180 valence electrons. The second kappa shape index (κ2) is 8.81. The predicted octanol–water partition coefficient (Wildman–Crippen LogP) is 6.98. The first-order valence-corrected chi connectivity index (χ1v) is 12.1. The summed E-state index contributed by atoms with van der Waals surface area (Å²) in [6.07, 6.45) is 1.75. The maximum absolute atomic E-state index is 13.1. The number of esters is 1. The van der Waals surface area contributed by atoms with Gasteiger partial charge in [0.2, 0.25) is 0 Å². The van der Waals surface area contributed by atoms with Crippen LogP contribution in [0, 0.1) is 6.92 Å². The van der Waals surface area contributed by atoms with Crippen molar-refractivity contribution in [3.8, 4) is 16.9 Å². The van der Waals surface area contributed by atoms with Gasteiger partial charge in [0, 0.05) is 34.2 Å². The van der Waals surface area contributed by atoms with Crippen molar-refractivity contribution in [3.63, 3.8) is 0 Å². The number of methoxy groups -OCH3 is 1. The first-order chi connectivity index (χ1) is 16.7. The number of carbonyl (C=O) groups excluding carboxylic acids is 1. The molecule has 0 fully saturated rings. The zero-order valence-electron chi connectivity index (χ0n) is 20.6. The third kappa shape index (κ3) is 4.24. The minimum Gasteiger partial charge on any atom is -0.493 e. The first kappa shape index (κ1) is 23.6. The van der Waals surface area contributed by atoms with Crippen LogP contribution in [0.4, 0.5) is 0 Å². The van der Waals surface area contributed by atoms with Crippen molar-refractivity contribution in [3.05, 3.63) is 70.4 Å². The van der Waals surface area contributed by atoms with Gasteiger partial charge in [-0.15, -0.1) is 0 Å². The van der Waals surface area contributed by atoms with Crippen molar-refractivity contribution in [1.29, 1.82) is 0 Å². The van der Waals surface area contributed by atoms with Gasteiger partial charge in [0.25, 0.3) is 0 Å². The fourth-order valence-corrected chi connectivity index (χ4v) is 5.13. The van der Waals surface area contributed by atoms with E-state index < -0.39 is 17.7 Å². The molecule has 0 aliphatic carbocycles. The largest absolute Gasteiger partial charge is 0.493 e. The van der Waals surface area contributed by atoms with Crippen LogP contribution in [0.15, 0.2) is 48.7 Å². The summed E-state index contributed by atoms with van der Waals surface area (Å²) in [5, 5.41) is 3.59. The highest BCUT2D eigenvalue weighted by atomic mass is 35.5. The number of aromatic nitrogens is 1. The van der Waals surface area contributed by atoms with Crippen LogP contribution >= 0.6 is 11.6 Å². The van der Waals surface area contributed by atoms with Gasteiger partial charge in [-0.25, -0.2) is 4.79 Å². The van der Waals surface area contributed by atoms with Crippen molar-refractivity contribution >= 4 is 39.2 Å². The maximum Gasteiger partial charge on any atom is 0.339 e. The number of halogens is 1. The maximum atomic E-state index is 13.1. The smallest absolute Gasteiger partial charge is 0.339 e.